The van der Waals surface area contributed by atoms with Crippen molar-refractivity contribution in [2.75, 3.05) is 13.1 Å². The van der Waals surface area contributed by atoms with Crippen molar-refractivity contribution in [2.45, 2.75) is 64.1 Å². The summed E-state index contributed by atoms with van der Waals surface area (Å²) < 4.78 is 5.32. The number of nitriles is 1. The van der Waals surface area contributed by atoms with Gasteiger partial charge in [-0.05, 0) is 39.5 Å². The van der Waals surface area contributed by atoms with Crippen LogP contribution in [0.3, 0.4) is 0 Å². The van der Waals surface area contributed by atoms with Crippen LogP contribution in [0.5, 0.6) is 0 Å². The zero-order valence-electron chi connectivity index (χ0n) is 12.7. The number of hydrogen-bond acceptors (Lipinski definition) is 4. The SMILES string of the molecule is CC(C)(C)OC(=O)N1CC(NC(C#N)C2CCCC2)C1. The number of ether oxygens (including phenoxy) is 1. The van der Waals surface area contributed by atoms with E-state index >= 15 is 0 Å². The van der Waals surface area contributed by atoms with Gasteiger partial charge in [-0.25, -0.2) is 4.79 Å². The average Bonchev–Trinajstić information content (AvgIpc) is 2.78. The molecule has 0 aromatic rings. The molecule has 1 heterocycles. The first-order chi connectivity index (χ1) is 9.39. The maximum absolute atomic E-state index is 11.8. The molecule has 2 rings (SSSR count). The summed E-state index contributed by atoms with van der Waals surface area (Å²) in [6, 6.07) is 2.54. The minimum atomic E-state index is -0.450. The Morgan fingerprint density at radius 3 is 2.45 bits per heavy atom. The van der Waals surface area contributed by atoms with Gasteiger partial charge in [0, 0.05) is 19.1 Å². The molecule has 1 aliphatic heterocycles. The predicted molar refractivity (Wildman–Crippen MR) is 76.1 cm³/mol. The quantitative estimate of drug-likeness (QED) is 0.860. The van der Waals surface area contributed by atoms with Gasteiger partial charge in [-0.15, -0.1) is 0 Å². The van der Waals surface area contributed by atoms with Gasteiger partial charge in [-0.2, -0.15) is 5.26 Å². The molecule has 1 atom stereocenters. The summed E-state index contributed by atoms with van der Waals surface area (Å²) in [5.74, 6) is 0.482. The summed E-state index contributed by atoms with van der Waals surface area (Å²) in [5, 5.41) is 12.6. The van der Waals surface area contributed by atoms with E-state index in [1.54, 1.807) is 4.90 Å². The molecule has 0 bridgehead atoms. The van der Waals surface area contributed by atoms with Crippen molar-refractivity contribution in [3.8, 4) is 6.07 Å². The standard InChI is InChI=1S/C15H25N3O2/c1-15(2,3)20-14(19)18-9-12(10-18)17-13(8-16)11-6-4-5-7-11/h11-13,17H,4-7,9-10H2,1-3H3. The van der Waals surface area contributed by atoms with E-state index in [1.807, 2.05) is 20.8 Å². The number of likely N-dealkylation sites (tertiary alicyclic amines) is 1. The molecule has 0 aromatic carbocycles. The van der Waals surface area contributed by atoms with E-state index in [1.165, 1.54) is 12.8 Å². The van der Waals surface area contributed by atoms with Gasteiger partial charge in [0.05, 0.1) is 12.1 Å². The number of nitrogens with zero attached hydrogens (tertiary/aromatic N) is 2. The van der Waals surface area contributed by atoms with Crippen molar-refractivity contribution >= 4 is 6.09 Å². The van der Waals surface area contributed by atoms with Gasteiger partial charge in [0.2, 0.25) is 0 Å². The lowest BCUT2D eigenvalue weighted by Gasteiger charge is -2.41. The summed E-state index contributed by atoms with van der Waals surface area (Å²) in [6.45, 7) is 6.88. The molecular formula is C15H25N3O2. The van der Waals surface area contributed by atoms with Crippen LogP contribution in [0.1, 0.15) is 46.5 Å². The highest BCUT2D eigenvalue weighted by molar-refractivity contribution is 5.69. The van der Waals surface area contributed by atoms with Crippen molar-refractivity contribution in [3.05, 3.63) is 0 Å². The molecule has 1 aliphatic carbocycles. The normalized spacial score (nSPS) is 22.2. The third-order valence-corrected chi connectivity index (χ3v) is 3.96. The van der Waals surface area contributed by atoms with Crippen LogP contribution >= 0.6 is 0 Å². The van der Waals surface area contributed by atoms with Gasteiger partial charge in [-0.1, -0.05) is 12.8 Å². The maximum atomic E-state index is 11.8. The Labute approximate surface area is 121 Å². The predicted octanol–water partition coefficient (Wildman–Crippen LogP) is 2.28. The molecule has 2 aliphatic rings. The van der Waals surface area contributed by atoms with Crippen LogP contribution in [-0.2, 0) is 4.74 Å². The van der Waals surface area contributed by atoms with E-state index in [0.717, 1.165) is 12.8 Å². The van der Waals surface area contributed by atoms with Gasteiger partial charge in [-0.3, -0.25) is 5.32 Å². The molecule has 0 radical (unpaired) electrons. The molecule has 0 spiro atoms. The third kappa shape index (κ3) is 3.86. The lowest BCUT2D eigenvalue weighted by Crippen LogP contribution is -2.62. The molecule has 0 aromatic heterocycles. The maximum Gasteiger partial charge on any atom is 0.410 e. The van der Waals surface area contributed by atoms with Gasteiger partial charge in [0.25, 0.3) is 0 Å². The van der Waals surface area contributed by atoms with Crippen molar-refractivity contribution in [1.82, 2.24) is 10.2 Å². The smallest absolute Gasteiger partial charge is 0.410 e. The van der Waals surface area contributed by atoms with E-state index in [-0.39, 0.29) is 18.2 Å². The van der Waals surface area contributed by atoms with E-state index in [2.05, 4.69) is 11.4 Å². The van der Waals surface area contributed by atoms with Crippen LogP contribution < -0.4 is 5.32 Å². The largest absolute Gasteiger partial charge is 0.444 e. The number of rotatable bonds is 3. The van der Waals surface area contributed by atoms with Gasteiger partial charge in [0.1, 0.15) is 5.60 Å². The van der Waals surface area contributed by atoms with Gasteiger partial charge in [0.15, 0.2) is 0 Å². The van der Waals surface area contributed by atoms with Crippen LogP contribution in [0.25, 0.3) is 0 Å². The van der Waals surface area contributed by atoms with Crippen LogP contribution in [0, 0.1) is 17.2 Å². The van der Waals surface area contributed by atoms with E-state index in [0.29, 0.717) is 19.0 Å². The molecule has 2 fully saturated rings. The van der Waals surface area contributed by atoms with E-state index in [4.69, 9.17) is 4.74 Å². The fourth-order valence-corrected chi connectivity index (χ4v) is 2.88. The Morgan fingerprint density at radius 1 is 1.35 bits per heavy atom. The van der Waals surface area contributed by atoms with Gasteiger partial charge >= 0.3 is 6.09 Å². The highest BCUT2D eigenvalue weighted by Gasteiger charge is 2.36. The number of carbonyl (C=O) groups is 1. The molecule has 1 amide bonds. The van der Waals surface area contributed by atoms with E-state index < -0.39 is 5.60 Å². The minimum absolute atomic E-state index is 0.0664. The minimum Gasteiger partial charge on any atom is -0.444 e. The number of nitrogens with one attached hydrogen (secondary N) is 1. The highest BCUT2D eigenvalue weighted by atomic mass is 16.6. The molecule has 1 saturated carbocycles. The Bertz CT molecular complexity index is 385. The molecule has 20 heavy (non-hydrogen) atoms. The lowest BCUT2D eigenvalue weighted by molar-refractivity contribution is 0.00418. The summed E-state index contributed by atoms with van der Waals surface area (Å²) >= 11 is 0. The molecule has 5 nitrogen and oxygen atoms in total. The van der Waals surface area contributed by atoms with Crippen LogP contribution in [0.4, 0.5) is 4.79 Å². The van der Waals surface area contributed by atoms with Crippen LogP contribution in [-0.4, -0.2) is 41.8 Å². The fourth-order valence-electron chi connectivity index (χ4n) is 2.88. The average molecular weight is 279 g/mol. The zero-order chi connectivity index (χ0) is 14.8. The Morgan fingerprint density at radius 2 is 1.95 bits per heavy atom. The first-order valence-electron chi connectivity index (χ1n) is 7.52. The summed E-state index contributed by atoms with van der Waals surface area (Å²) in [7, 11) is 0. The molecule has 112 valence electrons. The Hall–Kier alpha value is -1.28. The topological polar surface area (TPSA) is 65.4 Å². The van der Waals surface area contributed by atoms with Crippen LogP contribution in [0.2, 0.25) is 0 Å². The monoisotopic (exact) mass is 279 g/mol. The van der Waals surface area contributed by atoms with Crippen molar-refractivity contribution < 1.29 is 9.53 Å². The second kappa shape index (κ2) is 6.01. The lowest BCUT2D eigenvalue weighted by atomic mass is 9.97. The first kappa shape index (κ1) is 15.1. The second-order valence-corrected chi connectivity index (χ2v) is 6.90. The molecule has 5 heteroatoms. The summed E-state index contributed by atoms with van der Waals surface area (Å²) in [4.78, 5) is 13.5. The summed E-state index contributed by atoms with van der Waals surface area (Å²) in [6.07, 6.45) is 4.50. The second-order valence-electron chi connectivity index (χ2n) is 6.90. The number of amides is 1. The van der Waals surface area contributed by atoms with Crippen molar-refractivity contribution in [3.63, 3.8) is 0 Å². The molecular weight excluding hydrogens is 254 g/mol. The van der Waals surface area contributed by atoms with Gasteiger partial charge < -0.3 is 9.64 Å². The third-order valence-electron chi connectivity index (χ3n) is 3.96. The molecule has 1 unspecified atom stereocenters. The Kier molecular flexibility index (Phi) is 4.54. The highest BCUT2D eigenvalue weighted by Crippen LogP contribution is 2.28. The fraction of sp³-hybridized carbons (Fsp3) is 0.867. The zero-order valence-corrected chi connectivity index (χ0v) is 12.7. The van der Waals surface area contributed by atoms with Crippen molar-refractivity contribution in [2.24, 2.45) is 5.92 Å². The Balaban J connectivity index is 1.73. The first-order valence-corrected chi connectivity index (χ1v) is 7.52. The van der Waals surface area contributed by atoms with Crippen LogP contribution in [0.15, 0.2) is 0 Å². The van der Waals surface area contributed by atoms with Crippen molar-refractivity contribution in [1.29, 1.82) is 5.26 Å². The number of carbonyl (C=O) groups excluding carboxylic acids is 1. The van der Waals surface area contributed by atoms with E-state index in [9.17, 15) is 10.1 Å². The summed E-state index contributed by atoms with van der Waals surface area (Å²) in [5.41, 5.74) is -0.450. The molecule has 1 N–H and O–H groups in total. The number of hydrogen-bond donors (Lipinski definition) is 1. The molecule has 1 saturated heterocycles.